The number of nitrogens with zero attached hydrogens (tertiary/aromatic N) is 1. The molecule has 1 amide bonds. The summed E-state index contributed by atoms with van der Waals surface area (Å²) in [5, 5.41) is 13.4. The summed E-state index contributed by atoms with van der Waals surface area (Å²) < 4.78 is 0. The Morgan fingerprint density at radius 3 is 2.57 bits per heavy atom. The van der Waals surface area contributed by atoms with E-state index in [2.05, 4.69) is 5.32 Å². The molecule has 0 heterocycles. The lowest BCUT2D eigenvalue weighted by molar-refractivity contribution is -0.122. The molecule has 2 rings (SSSR count). The molecule has 0 radical (unpaired) electrons. The molecule has 0 aliphatic heterocycles. The third kappa shape index (κ3) is 3.97. The van der Waals surface area contributed by atoms with Crippen LogP contribution in [0.3, 0.4) is 0 Å². The molecule has 1 aliphatic rings. The van der Waals surface area contributed by atoms with Gasteiger partial charge in [0.25, 0.3) is 0 Å². The van der Waals surface area contributed by atoms with Crippen LogP contribution in [0.25, 0.3) is 0 Å². The third-order valence-electron chi connectivity index (χ3n) is 4.33. The first-order chi connectivity index (χ1) is 9.91. The SMILES string of the molecule is Cc1c(NC(=O)CC2(O)CCCCC2)cccc1N(C)C. The van der Waals surface area contributed by atoms with E-state index in [4.69, 9.17) is 0 Å². The topological polar surface area (TPSA) is 52.6 Å². The number of hydrogen-bond acceptors (Lipinski definition) is 3. The van der Waals surface area contributed by atoms with Gasteiger partial charge in [0, 0.05) is 25.5 Å². The van der Waals surface area contributed by atoms with Crippen LogP contribution in [-0.2, 0) is 4.79 Å². The van der Waals surface area contributed by atoms with Crippen LogP contribution < -0.4 is 10.2 Å². The minimum absolute atomic E-state index is 0.0987. The molecule has 1 aromatic carbocycles. The van der Waals surface area contributed by atoms with Crippen molar-refractivity contribution in [3.8, 4) is 0 Å². The van der Waals surface area contributed by atoms with E-state index in [1.54, 1.807) is 0 Å². The van der Waals surface area contributed by atoms with E-state index in [1.165, 1.54) is 0 Å². The fourth-order valence-electron chi connectivity index (χ4n) is 3.12. The number of aliphatic hydroxyl groups is 1. The van der Waals surface area contributed by atoms with Crippen LogP contribution in [0.4, 0.5) is 11.4 Å². The second-order valence-electron chi connectivity index (χ2n) is 6.35. The van der Waals surface area contributed by atoms with E-state index >= 15 is 0 Å². The molecule has 0 aromatic heterocycles. The van der Waals surface area contributed by atoms with Gasteiger partial charge in [-0.05, 0) is 37.5 Å². The number of carbonyl (C=O) groups excluding carboxylic acids is 1. The first kappa shape index (κ1) is 15.8. The first-order valence-corrected chi connectivity index (χ1v) is 7.70. The van der Waals surface area contributed by atoms with Crippen LogP contribution in [0.15, 0.2) is 18.2 Å². The average molecular weight is 290 g/mol. The Kier molecular flexibility index (Phi) is 4.88. The fraction of sp³-hybridized carbons (Fsp3) is 0.588. The van der Waals surface area contributed by atoms with Gasteiger partial charge in [-0.1, -0.05) is 25.3 Å². The maximum absolute atomic E-state index is 12.2. The van der Waals surface area contributed by atoms with Crippen LogP contribution in [0.2, 0.25) is 0 Å². The predicted octanol–water partition coefficient (Wildman–Crippen LogP) is 3.08. The van der Waals surface area contributed by atoms with Gasteiger partial charge in [-0.15, -0.1) is 0 Å². The number of anilines is 2. The average Bonchev–Trinajstić information content (AvgIpc) is 2.41. The van der Waals surface area contributed by atoms with Crippen molar-refractivity contribution in [2.75, 3.05) is 24.3 Å². The Morgan fingerprint density at radius 2 is 1.95 bits per heavy atom. The molecule has 0 atom stereocenters. The Balaban J connectivity index is 2.04. The normalized spacial score (nSPS) is 17.3. The van der Waals surface area contributed by atoms with Gasteiger partial charge in [0.2, 0.25) is 5.91 Å². The predicted molar refractivity (Wildman–Crippen MR) is 86.8 cm³/mol. The molecule has 1 aromatic rings. The van der Waals surface area contributed by atoms with Gasteiger partial charge in [-0.3, -0.25) is 4.79 Å². The van der Waals surface area contributed by atoms with Crippen molar-refractivity contribution in [3.63, 3.8) is 0 Å². The Hall–Kier alpha value is -1.55. The van der Waals surface area contributed by atoms with Gasteiger partial charge in [-0.25, -0.2) is 0 Å². The molecular formula is C17H26N2O2. The maximum Gasteiger partial charge on any atom is 0.227 e. The van der Waals surface area contributed by atoms with Crippen molar-refractivity contribution in [1.82, 2.24) is 0 Å². The largest absolute Gasteiger partial charge is 0.389 e. The van der Waals surface area contributed by atoms with Crippen molar-refractivity contribution < 1.29 is 9.90 Å². The second-order valence-corrected chi connectivity index (χ2v) is 6.35. The number of amides is 1. The highest BCUT2D eigenvalue weighted by Crippen LogP contribution is 2.31. The number of nitrogens with one attached hydrogen (secondary N) is 1. The zero-order chi connectivity index (χ0) is 15.5. The minimum atomic E-state index is -0.810. The van der Waals surface area contributed by atoms with E-state index < -0.39 is 5.60 Å². The molecule has 0 bridgehead atoms. The van der Waals surface area contributed by atoms with Gasteiger partial charge in [-0.2, -0.15) is 0 Å². The van der Waals surface area contributed by atoms with E-state index in [-0.39, 0.29) is 12.3 Å². The molecule has 0 spiro atoms. The molecule has 1 aliphatic carbocycles. The Morgan fingerprint density at radius 1 is 1.29 bits per heavy atom. The summed E-state index contributed by atoms with van der Waals surface area (Å²) in [6.07, 6.45) is 4.85. The Labute approximate surface area is 127 Å². The van der Waals surface area contributed by atoms with Crippen molar-refractivity contribution in [2.45, 2.75) is 51.0 Å². The summed E-state index contributed by atoms with van der Waals surface area (Å²) in [5.74, 6) is -0.0987. The molecule has 4 heteroatoms. The lowest BCUT2D eigenvalue weighted by atomic mass is 9.82. The lowest BCUT2D eigenvalue weighted by Crippen LogP contribution is -2.36. The van der Waals surface area contributed by atoms with E-state index in [0.717, 1.165) is 49.0 Å². The van der Waals surface area contributed by atoms with Gasteiger partial charge in [0.05, 0.1) is 12.0 Å². The smallest absolute Gasteiger partial charge is 0.227 e. The molecule has 21 heavy (non-hydrogen) atoms. The van der Waals surface area contributed by atoms with Crippen molar-refractivity contribution in [2.24, 2.45) is 0 Å². The third-order valence-corrected chi connectivity index (χ3v) is 4.33. The molecule has 0 unspecified atom stereocenters. The lowest BCUT2D eigenvalue weighted by Gasteiger charge is -2.31. The molecule has 4 nitrogen and oxygen atoms in total. The van der Waals surface area contributed by atoms with Crippen LogP contribution in [0.5, 0.6) is 0 Å². The summed E-state index contributed by atoms with van der Waals surface area (Å²) in [6, 6.07) is 5.87. The minimum Gasteiger partial charge on any atom is -0.389 e. The zero-order valence-electron chi connectivity index (χ0n) is 13.3. The number of benzene rings is 1. The van der Waals surface area contributed by atoms with Crippen molar-refractivity contribution in [3.05, 3.63) is 23.8 Å². The Bertz CT molecular complexity index is 506. The van der Waals surface area contributed by atoms with E-state index in [1.807, 2.05) is 44.1 Å². The van der Waals surface area contributed by atoms with E-state index in [9.17, 15) is 9.90 Å². The number of rotatable bonds is 4. The van der Waals surface area contributed by atoms with Crippen molar-refractivity contribution >= 4 is 17.3 Å². The first-order valence-electron chi connectivity index (χ1n) is 7.70. The quantitative estimate of drug-likeness (QED) is 0.896. The molecule has 116 valence electrons. The van der Waals surface area contributed by atoms with Crippen LogP contribution >= 0.6 is 0 Å². The molecule has 1 saturated carbocycles. The van der Waals surface area contributed by atoms with Gasteiger partial charge in [0.15, 0.2) is 0 Å². The summed E-state index contributed by atoms with van der Waals surface area (Å²) in [4.78, 5) is 14.3. The summed E-state index contributed by atoms with van der Waals surface area (Å²) in [6.45, 7) is 2.00. The van der Waals surface area contributed by atoms with Crippen molar-refractivity contribution in [1.29, 1.82) is 0 Å². The van der Waals surface area contributed by atoms with Crippen LogP contribution in [-0.4, -0.2) is 30.7 Å². The zero-order valence-corrected chi connectivity index (χ0v) is 13.3. The number of hydrogen-bond donors (Lipinski definition) is 2. The van der Waals surface area contributed by atoms with Gasteiger partial charge >= 0.3 is 0 Å². The van der Waals surface area contributed by atoms with Gasteiger partial charge in [0.1, 0.15) is 0 Å². The summed E-state index contributed by atoms with van der Waals surface area (Å²) >= 11 is 0. The maximum atomic E-state index is 12.2. The number of carbonyl (C=O) groups is 1. The molecule has 2 N–H and O–H groups in total. The van der Waals surface area contributed by atoms with Crippen LogP contribution in [0, 0.1) is 6.92 Å². The monoisotopic (exact) mass is 290 g/mol. The molecule has 0 saturated heterocycles. The van der Waals surface area contributed by atoms with E-state index in [0.29, 0.717) is 0 Å². The molecule has 1 fully saturated rings. The highest BCUT2D eigenvalue weighted by atomic mass is 16.3. The highest BCUT2D eigenvalue weighted by molar-refractivity contribution is 5.93. The summed E-state index contributed by atoms with van der Waals surface area (Å²) in [7, 11) is 3.97. The fourth-order valence-corrected chi connectivity index (χ4v) is 3.12. The molecular weight excluding hydrogens is 264 g/mol. The van der Waals surface area contributed by atoms with Crippen LogP contribution in [0.1, 0.15) is 44.1 Å². The summed E-state index contributed by atoms with van der Waals surface area (Å²) in [5.41, 5.74) is 2.15. The van der Waals surface area contributed by atoms with Gasteiger partial charge < -0.3 is 15.3 Å². The second kappa shape index (κ2) is 6.48. The highest BCUT2D eigenvalue weighted by Gasteiger charge is 2.31. The standard InChI is InChI=1S/C17H26N2O2/c1-13-14(8-7-9-15(13)19(2)3)18-16(20)12-17(21)10-5-4-6-11-17/h7-9,21H,4-6,10-12H2,1-3H3,(H,18,20).